The number of nitrogens with one attached hydrogen (secondary N) is 2. The maximum absolute atomic E-state index is 12.4. The van der Waals surface area contributed by atoms with Crippen LogP contribution in [-0.4, -0.2) is 15.0 Å². The normalized spacial score (nSPS) is 11.1. The van der Waals surface area contributed by atoms with Crippen molar-refractivity contribution in [3.63, 3.8) is 0 Å². The molecule has 2 aromatic carbocycles. The lowest BCUT2D eigenvalue weighted by atomic mass is 10.1. The van der Waals surface area contributed by atoms with Gasteiger partial charge in [-0.3, -0.25) is 4.72 Å². The fourth-order valence-electron chi connectivity index (χ4n) is 2.09. The van der Waals surface area contributed by atoms with E-state index in [1.165, 1.54) is 0 Å². The third kappa shape index (κ3) is 3.76. The van der Waals surface area contributed by atoms with Crippen molar-refractivity contribution in [2.75, 3.05) is 16.6 Å². The summed E-state index contributed by atoms with van der Waals surface area (Å²) in [6, 6.07) is 14.2. The van der Waals surface area contributed by atoms with Crippen molar-refractivity contribution in [2.45, 2.75) is 25.2 Å². The molecule has 0 aliphatic carbocycles. The number of aryl methyl sites for hydroxylation is 1. The van der Waals surface area contributed by atoms with Crippen molar-refractivity contribution >= 4 is 21.4 Å². The SMILES string of the molecule is CCNc1ccc(S(=O)(=O)Nc2ccccc2CC)cc1. The van der Waals surface area contributed by atoms with Crippen LogP contribution in [0, 0.1) is 0 Å². The molecule has 0 spiro atoms. The first-order chi connectivity index (χ1) is 10.1. The topological polar surface area (TPSA) is 58.2 Å². The van der Waals surface area contributed by atoms with E-state index < -0.39 is 10.0 Å². The van der Waals surface area contributed by atoms with Crippen LogP contribution < -0.4 is 10.0 Å². The number of sulfonamides is 1. The summed E-state index contributed by atoms with van der Waals surface area (Å²) < 4.78 is 27.5. The van der Waals surface area contributed by atoms with E-state index in [1.807, 2.05) is 32.0 Å². The molecule has 0 aliphatic rings. The summed E-state index contributed by atoms with van der Waals surface area (Å²) in [5.74, 6) is 0. The summed E-state index contributed by atoms with van der Waals surface area (Å²) in [6.45, 7) is 4.79. The van der Waals surface area contributed by atoms with Crippen molar-refractivity contribution < 1.29 is 8.42 Å². The quantitative estimate of drug-likeness (QED) is 0.859. The zero-order chi connectivity index (χ0) is 15.3. The second-order valence-electron chi connectivity index (χ2n) is 4.67. The average molecular weight is 304 g/mol. The molecule has 5 heteroatoms. The number of hydrogen-bond donors (Lipinski definition) is 2. The Morgan fingerprint density at radius 1 is 0.952 bits per heavy atom. The van der Waals surface area contributed by atoms with Crippen LogP contribution in [0.3, 0.4) is 0 Å². The zero-order valence-electron chi connectivity index (χ0n) is 12.3. The molecular weight excluding hydrogens is 284 g/mol. The van der Waals surface area contributed by atoms with Gasteiger partial charge < -0.3 is 5.32 Å². The lowest BCUT2D eigenvalue weighted by Gasteiger charge is -2.12. The van der Waals surface area contributed by atoms with Gasteiger partial charge in [-0.1, -0.05) is 25.1 Å². The van der Waals surface area contributed by atoms with Gasteiger partial charge in [0.2, 0.25) is 0 Å². The molecule has 0 unspecified atom stereocenters. The number of rotatable bonds is 6. The van der Waals surface area contributed by atoms with Crippen molar-refractivity contribution in [2.24, 2.45) is 0 Å². The Bertz CT molecular complexity index is 694. The van der Waals surface area contributed by atoms with E-state index in [0.29, 0.717) is 5.69 Å². The molecule has 2 N–H and O–H groups in total. The molecule has 0 atom stereocenters. The highest BCUT2D eigenvalue weighted by Crippen LogP contribution is 2.21. The second-order valence-corrected chi connectivity index (χ2v) is 6.35. The maximum atomic E-state index is 12.4. The smallest absolute Gasteiger partial charge is 0.261 e. The number of para-hydroxylation sites is 1. The van der Waals surface area contributed by atoms with E-state index in [4.69, 9.17) is 0 Å². The van der Waals surface area contributed by atoms with Crippen LogP contribution >= 0.6 is 0 Å². The highest BCUT2D eigenvalue weighted by molar-refractivity contribution is 7.92. The van der Waals surface area contributed by atoms with Gasteiger partial charge >= 0.3 is 0 Å². The summed E-state index contributed by atoms with van der Waals surface area (Å²) >= 11 is 0. The van der Waals surface area contributed by atoms with Crippen LogP contribution in [0.25, 0.3) is 0 Å². The van der Waals surface area contributed by atoms with Crippen LogP contribution in [-0.2, 0) is 16.4 Å². The minimum Gasteiger partial charge on any atom is -0.385 e. The zero-order valence-corrected chi connectivity index (χ0v) is 13.1. The summed E-state index contributed by atoms with van der Waals surface area (Å²) in [4.78, 5) is 0.259. The van der Waals surface area contributed by atoms with Crippen molar-refractivity contribution in [1.82, 2.24) is 0 Å². The first-order valence-electron chi connectivity index (χ1n) is 7.01. The van der Waals surface area contributed by atoms with Gasteiger partial charge in [-0.25, -0.2) is 8.42 Å². The van der Waals surface area contributed by atoms with Crippen LogP contribution in [0.15, 0.2) is 53.4 Å². The minimum absolute atomic E-state index is 0.259. The largest absolute Gasteiger partial charge is 0.385 e. The Hall–Kier alpha value is -2.01. The summed E-state index contributed by atoms with van der Waals surface area (Å²) in [5.41, 5.74) is 2.52. The molecule has 0 bridgehead atoms. The van der Waals surface area contributed by atoms with Gasteiger partial charge in [0.25, 0.3) is 10.0 Å². The molecule has 0 saturated heterocycles. The molecule has 0 heterocycles. The fourth-order valence-corrected chi connectivity index (χ4v) is 3.19. The van der Waals surface area contributed by atoms with Gasteiger partial charge in [0.1, 0.15) is 0 Å². The van der Waals surface area contributed by atoms with Crippen molar-refractivity contribution in [3.8, 4) is 0 Å². The number of benzene rings is 2. The van der Waals surface area contributed by atoms with Crippen LogP contribution in [0.1, 0.15) is 19.4 Å². The van der Waals surface area contributed by atoms with Crippen LogP contribution in [0.5, 0.6) is 0 Å². The molecule has 2 rings (SSSR count). The van der Waals surface area contributed by atoms with Gasteiger partial charge in [-0.15, -0.1) is 0 Å². The van der Waals surface area contributed by atoms with E-state index in [2.05, 4.69) is 10.0 Å². The third-order valence-corrected chi connectivity index (χ3v) is 4.57. The molecule has 112 valence electrons. The Morgan fingerprint density at radius 2 is 1.62 bits per heavy atom. The van der Waals surface area contributed by atoms with Crippen molar-refractivity contribution in [1.29, 1.82) is 0 Å². The van der Waals surface area contributed by atoms with Gasteiger partial charge in [0, 0.05) is 12.2 Å². The predicted octanol–water partition coefficient (Wildman–Crippen LogP) is 3.48. The number of anilines is 2. The van der Waals surface area contributed by atoms with E-state index in [-0.39, 0.29) is 4.90 Å². The van der Waals surface area contributed by atoms with Gasteiger partial charge in [0.15, 0.2) is 0 Å². The van der Waals surface area contributed by atoms with Crippen molar-refractivity contribution in [3.05, 3.63) is 54.1 Å². The van der Waals surface area contributed by atoms with E-state index in [1.54, 1.807) is 30.3 Å². The molecule has 4 nitrogen and oxygen atoms in total. The monoisotopic (exact) mass is 304 g/mol. The minimum atomic E-state index is -3.56. The highest BCUT2D eigenvalue weighted by Gasteiger charge is 2.15. The summed E-state index contributed by atoms with van der Waals surface area (Å²) in [6.07, 6.45) is 0.776. The first-order valence-corrected chi connectivity index (χ1v) is 8.49. The molecule has 0 radical (unpaired) electrons. The Labute approximate surface area is 126 Å². The molecule has 0 fully saturated rings. The summed E-state index contributed by atoms with van der Waals surface area (Å²) in [5, 5.41) is 3.14. The lowest BCUT2D eigenvalue weighted by molar-refractivity contribution is 0.601. The van der Waals surface area contributed by atoms with Crippen LogP contribution in [0.4, 0.5) is 11.4 Å². The van der Waals surface area contributed by atoms with E-state index in [9.17, 15) is 8.42 Å². The maximum Gasteiger partial charge on any atom is 0.261 e. The molecule has 0 saturated carbocycles. The van der Waals surface area contributed by atoms with E-state index >= 15 is 0 Å². The Morgan fingerprint density at radius 3 is 2.24 bits per heavy atom. The Kier molecular flexibility index (Phi) is 4.85. The fraction of sp³-hybridized carbons (Fsp3) is 0.250. The standard InChI is InChI=1S/C16H20N2O2S/c1-3-13-7-5-6-8-16(13)18-21(19,20)15-11-9-14(10-12-15)17-4-2/h5-12,17-18H,3-4H2,1-2H3. The predicted molar refractivity (Wildman–Crippen MR) is 87.2 cm³/mol. The molecule has 0 aromatic heterocycles. The van der Waals surface area contributed by atoms with Gasteiger partial charge in [-0.2, -0.15) is 0 Å². The lowest BCUT2D eigenvalue weighted by Crippen LogP contribution is -2.14. The van der Waals surface area contributed by atoms with Crippen LogP contribution in [0.2, 0.25) is 0 Å². The molecule has 0 amide bonds. The Balaban J connectivity index is 2.25. The molecule has 21 heavy (non-hydrogen) atoms. The third-order valence-electron chi connectivity index (χ3n) is 3.19. The average Bonchev–Trinajstić information content (AvgIpc) is 2.48. The second kappa shape index (κ2) is 6.63. The van der Waals surface area contributed by atoms with Gasteiger partial charge in [0.05, 0.1) is 10.6 Å². The van der Waals surface area contributed by atoms with E-state index in [0.717, 1.165) is 24.2 Å². The highest BCUT2D eigenvalue weighted by atomic mass is 32.2. The first kappa shape index (κ1) is 15.4. The molecule has 2 aromatic rings. The molecule has 0 aliphatic heterocycles. The number of hydrogen-bond acceptors (Lipinski definition) is 3. The molecular formula is C16H20N2O2S. The summed E-state index contributed by atoms with van der Waals surface area (Å²) in [7, 11) is -3.56. The van der Waals surface area contributed by atoms with Gasteiger partial charge in [-0.05, 0) is 49.2 Å².